The quantitative estimate of drug-likeness (QED) is 0.904. The molecule has 0 radical (unpaired) electrons. The molecular weight excluding hydrogens is 302 g/mol. The van der Waals surface area contributed by atoms with Crippen molar-refractivity contribution in [3.05, 3.63) is 28.9 Å². The van der Waals surface area contributed by atoms with Crippen molar-refractivity contribution in [3.8, 4) is 0 Å². The molecule has 2 heterocycles. The van der Waals surface area contributed by atoms with E-state index in [1.807, 2.05) is 19.0 Å². The highest BCUT2D eigenvalue weighted by Gasteiger charge is 2.41. The van der Waals surface area contributed by atoms with Gasteiger partial charge in [-0.3, -0.25) is 4.79 Å². The van der Waals surface area contributed by atoms with Crippen LogP contribution in [0.1, 0.15) is 47.1 Å². The third-order valence-electron chi connectivity index (χ3n) is 3.82. The lowest BCUT2D eigenvalue weighted by atomic mass is 9.96. The molecule has 7 nitrogen and oxygen atoms in total. The van der Waals surface area contributed by atoms with Gasteiger partial charge in [0.15, 0.2) is 5.82 Å². The second kappa shape index (κ2) is 6.13. The summed E-state index contributed by atoms with van der Waals surface area (Å²) in [5.74, 6) is 1.03. The Morgan fingerprint density at radius 2 is 2.23 bits per heavy atom. The molecule has 1 N–H and O–H groups in total. The lowest BCUT2D eigenvalue weighted by Gasteiger charge is -2.26. The summed E-state index contributed by atoms with van der Waals surface area (Å²) in [6.45, 7) is 0.589. The minimum absolute atomic E-state index is 0.122. The van der Waals surface area contributed by atoms with Gasteiger partial charge in [-0.2, -0.15) is 4.98 Å². The first-order valence-electron chi connectivity index (χ1n) is 7.30. The zero-order valence-electron chi connectivity index (χ0n) is 12.7. The van der Waals surface area contributed by atoms with Gasteiger partial charge in [-0.05, 0) is 44.5 Å². The van der Waals surface area contributed by atoms with Crippen LogP contribution in [-0.2, 0) is 12.1 Å². The molecule has 1 aliphatic carbocycles. The first-order chi connectivity index (χ1) is 10.6. The molecule has 1 saturated carbocycles. The molecule has 3 rings (SSSR count). The van der Waals surface area contributed by atoms with Crippen molar-refractivity contribution in [1.29, 1.82) is 0 Å². The summed E-state index contributed by atoms with van der Waals surface area (Å²) in [6, 6.07) is 1.72. The molecule has 2 aromatic heterocycles. The van der Waals surface area contributed by atoms with Gasteiger partial charge >= 0.3 is 0 Å². The SMILES string of the molecule is CN(C)Cc1nc(C2(NC(=O)c3ccns3)CCCC2)no1. The number of amides is 1. The van der Waals surface area contributed by atoms with E-state index in [1.165, 1.54) is 11.5 Å². The Morgan fingerprint density at radius 3 is 2.86 bits per heavy atom. The molecule has 0 aliphatic heterocycles. The van der Waals surface area contributed by atoms with E-state index in [4.69, 9.17) is 4.52 Å². The van der Waals surface area contributed by atoms with Gasteiger partial charge in [0.1, 0.15) is 10.4 Å². The minimum atomic E-state index is -0.519. The standard InChI is InChI=1S/C14H19N5O2S/c1-19(2)9-11-16-13(18-21-11)14(6-3-4-7-14)17-12(20)10-5-8-15-22-10/h5,8H,3-4,6-7,9H2,1-2H3,(H,17,20). The van der Waals surface area contributed by atoms with Crippen molar-refractivity contribution in [3.63, 3.8) is 0 Å². The van der Waals surface area contributed by atoms with E-state index in [0.717, 1.165) is 25.7 Å². The van der Waals surface area contributed by atoms with Gasteiger partial charge in [0.2, 0.25) is 5.89 Å². The summed E-state index contributed by atoms with van der Waals surface area (Å²) in [5.41, 5.74) is -0.519. The Bertz CT molecular complexity index is 631. The van der Waals surface area contributed by atoms with E-state index in [1.54, 1.807) is 12.3 Å². The van der Waals surface area contributed by atoms with Crippen LogP contribution in [0.25, 0.3) is 0 Å². The zero-order valence-corrected chi connectivity index (χ0v) is 13.5. The molecular formula is C14H19N5O2S. The van der Waals surface area contributed by atoms with Crippen LogP contribution < -0.4 is 5.32 Å². The summed E-state index contributed by atoms with van der Waals surface area (Å²) in [7, 11) is 3.89. The van der Waals surface area contributed by atoms with E-state index < -0.39 is 5.54 Å². The number of aromatic nitrogens is 3. The number of carbonyl (C=O) groups is 1. The highest BCUT2D eigenvalue weighted by molar-refractivity contribution is 7.08. The van der Waals surface area contributed by atoms with Gasteiger partial charge in [-0.15, -0.1) is 0 Å². The fourth-order valence-corrected chi connectivity index (χ4v) is 3.27. The molecule has 1 fully saturated rings. The lowest BCUT2D eigenvalue weighted by molar-refractivity contribution is 0.0896. The van der Waals surface area contributed by atoms with Crippen LogP contribution in [-0.4, -0.2) is 39.4 Å². The summed E-state index contributed by atoms with van der Waals surface area (Å²) < 4.78 is 9.30. The average molecular weight is 321 g/mol. The van der Waals surface area contributed by atoms with E-state index in [9.17, 15) is 4.79 Å². The van der Waals surface area contributed by atoms with Crippen LogP contribution in [0, 0.1) is 0 Å². The van der Waals surface area contributed by atoms with E-state index >= 15 is 0 Å². The van der Waals surface area contributed by atoms with Crippen molar-refractivity contribution in [1.82, 2.24) is 24.7 Å². The summed E-state index contributed by atoms with van der Waals surface area (Å²) >= 11 is 1.19. The third kappa shape index (κ3) is 3.02. The Morgan fingerprint density at radius 1 is 1.45 bits per heavy atom. The molecule has 22 heavy (non-hydrogen) atoms. The minimum Gasteiger partial charge on any atom is -0.338 e. The van der Waals surface area contributed by atoms with Crippen molar-refractivity contribution in [2.45, 2.75) is 37.8 Å². The summed E-state index contributed by atoms with van der Waals surface area (Å²) in [5, 5.41) is 7.23. The molecule has 118 valence electrons. The van der Waals surface area contributed by atoms with Crippen LogP contribution in [0.5, 0.6) is 0 Å². The van der Waals surface area contributed by atoms with Gasteiger partial charge in [-0.1, -0.05) is 18.0 Å². The molecule has 8 heteroatoms. The Balaban J connectivity index is 1.82. The highest BCUT2D eigenvalue weighted by Crippen LogP contribution is 2.37. The smallest absolute Gasteiger partial charge is 0.263 e. The predicted molar refractivity (Wildman–Crippen MR) is 81.4 cm³/mol. The Labute approximate surface area is 132 Å². The molecule has 0 saturated heterocycles. The maximum Gasteiger partial charge on any atom is 0.263 e. The number of rotatable bonds is 5. The van der Waals surface area contributed by atoms with Crippen LogP contribution in [0.2, 0.25) is 0 Å². The number of hydrogen-bond acceptors (Lipinski definition) is 7. The topological polar surface area (TPSA) is 84.2 Å². The number of nitrogens with one attached hydrogen (secondary N) is 1. The fourth-order valence-electron chi connectivity index (χ4n) is 2.78. The van der Waals surface area contributed by atoms with Crippen LogP contribution >= 0.6 is 11.5 Å². The molecule has 0 aromatic carbocycles. The van der Waals surface area contributed by atoms with Gasteiger partial charge in [0.25, 0.3) is 5.91 Å². The molecule has 1 aliphatic rings. The highest BCUT2D eigenvalue weighted by atomic mass is 32.1. The Hall–Kier alpha value is -1.80. The fraction of sp³-hybridized carbons (Fsp3) is 0.571. The second-order valence-corrected chi connectivity index (χ2v) is 6.70. The average Bonchev–Trinajstić information content (AvgIpc) is 3.19. The van der Waals surface area contributed by atoms with E-state index in [0.29, 0.717) is 23.1 Å². The van der Waals surface area contributed by atoms with Gasteiger partial charge in [-0.25, -0.2) is 4.37 Å². The monoisotopic (exact) mass is 321 g/mol. The van der Waals surface area contributed by atoms with Gasteiger partial charge < -0.3 is 14.7 Å². The third-order valence-corrected chi connectivity index (χ3v) is 4.56. The summed E-state index contributed by atoms with van der Waals surface area (Å²) in [4.78, 5) is 19.4. The first kappa shape index (κ1) is 15.1. The molecule has 0 unspecified atom stereocenters. The molecule has 0 spiro atoms. The Kier molecular flexibility index (Phi) is 4.21. The second-order valence-electron chi connectivity index (χ2n) is 5.87. The maximum atomic E-state index is 12.4. The molecule has 0 bridgehead atoms. The molecule has 0 atom stereocenters. The van der Waals surface area contributed by atoms with E-state index in [-0.39, 0.29) is 5.91 Å². The van der Waals surface area contributed by atoms with Crippen LogP contribution in [0.15, 0.2) is 16.8 Å². The summed E-state index contributed by atoms with van der Waals surface area (Å²) in [6.07, 6.45) is 5.38. The van der Waals surface area contributed by atoms with Crippen molar-refractivity contribution < 1.29 is 9.32 Å². The van der Waals surface area contributed by atoms with Crippen LogP contribution in [0.3, 0.4) is 0 Å². The zero-order chi connectivity index (χ0) is 15.6. The number of carbonyl (C=O) groups excluding carboxylic acids is 1. The van der Waals surface area contributed by atoms with E-state index in [2.05, 4.69) is 19.8 Å². The lowest BCUT2D eigenvalue weighted by Crippen LogP contribution is -2.44. The van der Waals surface area contributed by atoms with Crippen molar-refractivity contribution in [2.75, 3.05) is 14.1 Å². The van der Waals surface area contributed by atoms with Crippen molar-refractivity contribution >= 4 is 17.4 Å². The van der Waals surface area contributed by atoms with Crippen LogP contribution in [0.4, 0.5) is 0 Å². The van der Waals surface area contributed by atoms with Gasteiger partial charge in [0.05, 0.1) is 6.54 Å². The normalized spacial score (nSPS) is 17.0. The molecule has 1 amide bonds. The van der Waals surface area contributed by atoms with Gasteiger partial charge in [0, 0.05) is 6.20 Å². The van der Waals surface area contributed by atoms with Crippen molar-refractivity contribution in [2.24, 2.45) is 0 Å². The maximum absolute atomic E-state index is 12.4. The first-order valence-corrected chi connectivity index (χ1v) is 8.07. The molecule has 2 aromatic rings. The number of nitrogens with zero attached hydrogens (tertiary/aromatic N) is 4. The number of hydrogen-bond donors (Lipinski definition) is 1. The largest absolute Gasteiger partial charge is 0.338 e. The predicted octanol–water partition coefficient (Wildman–Crippen LogP) is 1.79.